The van der Waals surface area contributed by atoms with Crippen LogP contribution in [-0.2, 0) is 9.47 Å². The van der Waals surface area contributed by atoms with Crippen molar-refractivity contribution in [3.05, 3.63) is 35.9 Å². The van der Waals surface area contributed by atoms with Gasteiger partial charge >= 0.3 is 6.16 Å². The summed E-state index contributed by atoms with van der Waals surface area (Å²) in [5, 5.41) is 0. The third kappa shape index (κ3) is 7.78. The lowest BCUT2D eigenvalue weighted by molar-refractivity contribution is 0.0832. The molecule has 21 heavy (non-hydrogen) atoms. The van der Waals surface area contributed by atoms with E-state index >= 15 is 0 Å². The minimum absolute atomic E-state index is 0.0752. The number of unbranched alkanes of at least 4 members (excludes halogenated alkanes) is 2. The number of aliphatic imine (C=N–C) groups is 1. The fourth-order valence-corrected chi connectivity index (χ4v) is 1.63. The van der Waals surface area contributed by atoms with Crippen LogP contribution in [0.4, 0.5) is 4.79 Å². The van der Waals surface area contributed by atoms with Crippen molar-refractivity contribution in [2.45, 2.75) is 32.2 Å². The molecule has 1 unspecified atom stereocenters. The van der Waals surface area contributed by atoms with Gasteiger partial charge < -0.3 is 9.47 Å². The fourth-order valence-electron chi connectivity index (χ4n) is 1.63. The van der Waals surface area contributed by atoms with Crippen LogP contribution in [0.2, 0.25) is 0 Å². The first-order valence-electron chi connectivity index (χ1n) is 6.97. The summed E-state index contributed by atoms with van der Waals surface area (Å²) in [5.74, 6) is 5.70. The monoisotopic (exact) mass is 287 g/mol. The molecule has 0 fully saturated rings. The summed E-state index contributed by atoms with van der Waals surface area (Å²) in [7, 11) is 1.27. The van der Waals surface area contributed by atoms with Gasteiger partial charge in [-0.2, -0.15) is 0 Å². The molecule has 0 saturated heterocycles. The molecule has 0 saturated carbocycles. The molecular formula is C17H21NO3. The molecule has 0 spiro atoms. The van der Waals surface area contributed by atoms with Crippen LogP contribution in [0.25, 0.3) is 0 Å². The molecule has 0 aromatic heterocycles. The van der Waals surface area contributed by atoms with Crippen LogP contribution in [-0.4, -0.2) is 26.1 Å². The second-order valence-electron chi connectivity index (χ2n) is 4.41. The van der Waals surface area contributed by atoms with Gasteiger partial charge in [-0.15, -0.1) is 0 Å². The van der Waals surface area contributed by atoms with Crippen LogP contribution in [0.5, 0.6) is 0 Å². The van der Waals surface area contributed by atoms with E-state index in [0.29, 0.717) is 0 Å². The third-order valence-corrected chi connectivity index (χ3v) is 2.80. The number of nitrogens with zero attached hydrogens (tertiary/aromatic N) is 1. The Morgan fingerprint density at radius 3 is 2.81 bits per heavy atom. The van der Waals surface area contributed by atoms with Crippen LogP contribution < -0.4 is 0 Å². The quantitative estimate of drug-likeness (QED) is 0.346. The molecule has 4 nitrogen and oxygen atoms in total. The molecule has 1 aromatic carbocycles. The largest absolute Gasteiger partial charge is 0.508 e. The minimum atomic E-state index is -0.702. The Bertz CT molecular complexity index is 500. The SMILES string of the molecule is COC(=O)OCC#CCCCC=NC(C)c1ccccc1. The first-order valence-corrected chi connectivity index (χ1v) is 6.97. The molecule has 0 heterocycles. The van der Waals surface area contributed by atoms with E-state index in [1.54, 1.807) is 0 Å². The molecule has 0 aliphatic heterocycles. The molecule has 4 heteroatoms. The maximum Gasteiger partial charge on any atom is 0.508 e. The van der Waals surface area contributed by atoms with Gasteiger partial charge in [0.2, 0.25) is 0 Å². The van der Waals surface area contributed by atoms with Gasteiger partial charge in [-0.25, -0.2) is 4.79 Å². The molecule has 1 rings (SSSR count). The van der Waals surface area contributed by atoms with E-state index in [2.05, 4.69) is 45.4 Å². The number of carbonyl (C=O) groups excluding carboxylic acids is 1. The minimum Gasteiger partial charge on any atom is -0.438 e. The Balaban J connectivity index is 2.13. The summed E-state index contributed by atoms with van der Waals surface area (Å²) in [4.78, 5) is 15.1. The Morgan fingerprint density at radius 2 is 2.10 bits per heavy atom. The number of rotatable bonds is 6. The van der Waals surface area contributed by atoms with Crippen LogP contribution in [0.1, 0.15) is 37.8 Å². The van der Waals surface area contributed by atoms with Gasteiger partial charge in [0, 0.05) is 6.42 Å². The number of ether oxygens (including phenoxy) is 2. The molecule has 0 N–H and O–H groups in total. The zero-order valence-electron chi connectivity index (χ0n) is 12.5. The van der Waals surface area contributed by atoms with Crippen molar-refractivity contribution in [1.82, 2.24) is 0 Å². The van der Waals surface area contributed by atoms with E-state index < -0.39 is 6.16 Å². The molecule has 0 amide bonds. The van der Waals surface area contributed by atoms with E-state index in [9.17, 15) is 4.79 Å². The summed E-state index contributed by atoms with van der Waals surface area (Å²) in [6.45, 7) is 2.15. The second-order valence-corrected chi connectivity index (χ2v) is 4.41. The predicted octanol–water partition coefficient (Wildman–Crippen LogP) is 3.78. The molecule has 0 radical (unpaired) electrons. The predicted molar refractivity (Wildman–Crippen MR) is 83.3 cm³/mol. The van der Waals surface area contributed by atoms with E-state index in [0.717, 1.165) is 19.3 Å². The van der Waals surface area contributed by atoms with Crippen molar-refractivity contribution in [3.63, 3.8) is 0 Å². The molecule has 1 aromatic rings. The third-order valence-electron chi connectivity index (χ3n) is 2.80. The van der Waals surface area contributed by atoms with Gasteiger partial charge in [0.1, 0.15) is 0 Å². The van der Waals surface area contributed by atoms with Crippen molar-refractivity contribution in [2.24, 2.45) is 4.99 Å². The number of hydrogen-bond acceptors (Lipinski definition) is 4. The standard InChI is InChI=1S/C17H21NO3/c1-15(16-11-7-6-8-12-16)18-13-9-4-3-5-10-14-21-17(19)20-2/h6-8,11-13,15H,3-4,9,14H2,1-2H3. The van der Waals surface area contributed by atoms with E-state index in [4.69, 9.17) is 0 Å². The van der Waals surface area contributed by atoms with Gasteiger partial charge in [-0.05, 0) is 31.5 Å². The number of hydrogen-bond donors (Lipinski definition) is 0. The van der Waals surface area contributed by atoms with Gasteiger partial charge in [0.15, 0.2) is 6.61 Å². The number of carbonyl (C=O) groups is 1. The van der Waals surface area contributed by atoms with Gasteiger partial charge in [0.05, 0.1) is 13.2 Å². The highest BCUT2D eigenvalue weighted by Crippen LogP contribution is 2.15. The van der Waals surface area contributed by atoms with Crippen LogP contribution in [0.3, 0.4) is 0 Å². The maximum atomic E-state index is 10.6. The first kappa shape index (κ1) is 16.8. The highest BCUT2D eigenvalue weighted by atomic mass is 16.7. The summed E-state index contributed by atoms with van der Waals surface area (Å²) in [5.41, 5.74) is 1.22. The first-order chi connectivity index (χ1) is 10.2. The van der Waals surface area contributed by atoms with Gasteiger partial charge in [0.25, 0.3) is 0 Å². The fraction of sp³-hybridized carbons (Fsp3) is 0.412. The summed E-state index contributed by atoms with van der Waals surface area (Å²) in [6.07, 6.45) is 3.84. The Hall–Kier alpha value is -2.28. The highest BCUT2D eigenvalue weighted by Gasteiger charge is 1.99. The van der Waals surface area contributed by atoms with Gasteiger partial charge in [-0.3, -0.25) is 4.99 Å². The van der Waals surface area contributed by atoms with E-state index in [1.807, 2.05) is 24.4 Å². The lowest BCUT2D eigenvalue weighted by atomic mass is 10.1. The van der Waals surface area contributed by atoms with Crippen molar-refractivity contribution in [1.29, 1.82) is 0 Å². The molecular weight excluding hydrogens is 266 g/mol. The molecule has 112 valence electrons. The number of methoxy groups -OCH3 is 1. The zero-order chi connectivity index (χ0) is 15.3. The maximum absolute atomic E-state index is 10.6. The van der Waals surface area contributed by atoms with Crippen LogP contribution in [0, 0.1) is 11.8 Å². The average Bonchev–Trinajstić information content (AvgIpc) is 2.53. The summed E-state index contributed by atoms with van der Waals surface area (Å²) >= 11 is 0. The Labute approximate surface area is 126 Å². The smallest absolute Gasteiger partial charge is 0.438 e. The Morgan fingerprint density at radius 1 is 1.33 bits per heavy atom. The van der Waals surface area contributed by atoms with E-state index in [1.165, 1.54) is 12.7 Å². The average molecular weight is 287 g/mol. The molecule has 0 aliphatic carbocycles. The lowest BCUT2D eigenvalue weighted by Crippen LogP contribution is -2.03. The molecule has 0 bridgehead atoms. The molecule has 0 aliphatic rings. The van der Waals surface area contributed by atoms with Crippen molar-refractivity contribution in [3.8, 4) is 11.8 Å². The Kier molecular flexibility index (Phi) is 8.39. The lowest BCUT2D eigenvalue weighted by Gasteiger charge is -2.05. The topological polar surface area (TPSA) is 47.9 Å². The van der Waals surface area contributed by atoms with Crippen molar-refractivity contribution < 1.29 is 14.3 Å². The van der Waals surface area contributed by atoms with Crippen LogP contribution >= 0.6 is 0 Å². The van der Waals surface area contributed by atoms with Crippen LogP contribution in [0.15, 0.2) is 35.3 Å². The van der Waals surface area contributed by atoms with E-state index in [-0.39, 0.29) is 12.6 Å². The van der Waals surface area contributed by atoms with Crippen molar-refractivity contribution in [2.75, 3.05) is 13.7 Å². The van der Waals surface area contributed by atoms with Crippen molar-refractivity contribution >= 4 is 12.4 Å². The highest BCUT2D eigenvalue weighted by molar-refractivity contribution is 5.59. The zero-order valence-corrected chi connectivity index (χ0v) is 12.5. The van der Waals surface area contributed by atoms with Gasteiger partial charge in [-0.1, -0.05) is 42.2 Å². The summed E-state index contributed by atoms with van der Waals surface area (Å²) < 4.78 is 8.96. The normalized spacial score (nSPS) is 11.5. The number of benzene rings is 1. The molecule has 1 atom stereocenters. The summed E-state index contributed by atoms with van der Waals surface area (Å²) in [6, 6.07) is 10.4. The second kappa shape index (κ2) is 10.5.